The highest BCUT2D eigenvalue weighted by Gasteiger charge is 2.20. The number of nitrogens with zero attached hydrogens (tertiary/aromatic N) is 5. The van der Waals surface area contributed by atoms with Gasteiger partial charge < -0.3 is 15.0 Å². The highest BCUT2D eigenvalue weighted by atomic mass is 32.1. The number of hydrogen-bond donors (Lipinski definition) is 2. The summed E-state index contributed by atoms with van der Waals surface area (Å²) in [6.45, 7) is 4.71. The van der Waals surface area contributed by atoms with E-state index in [1.165, 1.54) is 6.92 Å². The molecule has 1 N–H and O–H groups in total. The molecule has 9 heteroatoms. The predicted octanol–water partition coefficient (Wildman–Crippen LogP) is 2.30. The van der Waals surface area contributed by atoms with Crippen LogP contribution in [-0.4, -0.2) is 58.5 Å². The third-order valence-corrected chi connectivity index (χ3v) is 5.41. The van der Waals surface area contributed by atoms with Gasteiger partial charge in [-0.2, -0.15) is 5.10 Å². The number of carbonyl (C=O) groups is 1. The van der Waals surface area contributed by atoms with Gasteiger partial charge in [0.05, 0.1) is 35.5 Å². The minimum atomic E-state index is -0.0774. The number of ether oxygens (including phenoxy) is 1. The number of morpholine rings is 1. The van der Waals surface area contributed by atoms with Gasteiger partial charge in [0.2, 0.25) is 5.91 Å². The summed E-state index contributed by atoms with van der Waals surface area (Å²) >= 11 is 4.74. The van der Waals surface area contributed by atoms with Crippen LogP contribution in [0.5, 0.6) is 0 Å². The van der Waals surface area contributed by atoms with Crippen molar-refractivity contribution in [1.29, 1.82) is 0 Å². The molecule has 1 saturated heterocycles. The summed E-state index contributed by atoms with van der Waals surface area (Å²) in [5.74, 6) is 1.32. The monoisotopic (exact) mass is 424 g/mol. The number of aromatic nitrogens is 4. The molecule has 0 bridgehead atoms. The first-order valence-electron chi connectivity index (χ1n) is 9.80. The molecule has 1 aromatic carbocycles. The summed E-state index contributed by atoms with van der Waals surface area (Å²) < 4.78 is 7.33. The van der Waals surface area contributed by atoms with E-state index in [2.05, 4.69) is 15.3 Å². The Balaban J connectivity index is 1.81. The highest BCUT2D eigenvalue weighted by Crippen LogP contribution is 2.32. The number of nitrogens with one attached hydrogen (secondary N) is 1. The fourth-order valence-corrected chi connectivity index (χ4v) is 3.75. The van der Waals surface area contributed by atoms with Crippen LogP contribution in [0.1, 0.15) is 12.6 Å². The first-order chi connectivity index (χ1) is 14.5. The molecule has 1 amide bonds. The minimum absolute atomic E-state index is 0.0774. The molecule has 0 saturated carbocycles. The van der Waals surface area contributed by atoms with Crippen LogP contribution in [0.3, 0.4) is 0 Å². The Kier molecular flexibility index (Phi) is 6.01. The number of anilines is 1. The molecular weight excluding hydrogens is 400 g/mol. The van der Waals surface area contributed by atoms with Crippen LogP contribution in [0.2, 0.25) is 0 Å². The molecule has 156 valence electrons. The molecule has 3 heterocycles. The minimum Gasteiger partial charge on any atom is -0.378 e. The van der Waals surface area contributed by atoms with Crippen molar-refractivity contribution in [3.05, 3.63) is 36.2 Å². The first kappa shape index (κ1) is 20.4. The molecular formula is C21H24N6O2S. The molecule has 0 radical (unpaired) electrons. The summed E-state index contributed by atoms with van der Waals surface area (Å²) in [5, 5.41) is 8.12. The van der Waals surface area contributed by atoms with Crippen molar-refractivity contribution in [3.8, 4) is 11.4 Å². The van der Waals surface area contributed by atoms with Gasteiger partial charge in [-0.15, -0.1) is 12.6 Å². The van der Waals surface area contributed by atoms with Crippen molar-refractivity contribution in [2.75, 3.05) is 37.7 Å². The Morgan fingerprint density at radius 3 is 2.87 bits per heavy atom. The number of amides is 1. The van der Waals surface area contributed by atoms with Gasteiger partial charge in [-0.3, -0.25) is 9.48 Å². The Morgan fingerprint density at radius 1 is 1.30 bits per heavy atom. The maximum absolute atomic E-state index is 11.1. The van der Waals surface area contributed by atoms with Crippen molar-refractivity contribution in [2.24, 2.45) is 7.05 Å². The average Bonchev–Trinajstić information content (AvgIpc) is 3.14. The van der Waals surface area contributed by atoms with E-state index in [0.29, 0.717) is 36.2 Å². The molecule has 1 aliphatic heterocycles. The number of carbonyl (C=O) groups excluding carboxylic acids is 1. The standard InChI is InChI=1S/C21H24N6O2S/c1-14(28)22-8-4-6-17-19(30)21(27-9-11-29-12-10-27)25-20(24-17)15-5-3-7-18-16(15)13-23-26(18)2/h3-7,13,30H,8-12H2,1-2H3,(H,22,28)/b6-4+. The van der Waals surface area contributed by atoms with E-state index in [1.54, 1.807) is 0 Å². The Labute approximate surface area is 180 Å². The zero-order valence-corrected chi connectivity index (χ0v) is 17.9. The molecule has 30 heavy (non-hydrogen) atoms. The summed E-state index contributed by atoms with van der Waals surface area (Å²) in [6.07, 6.45) is 5.57. The molecule has 1 aliphatic rings. The maximum atomic E-state index is 11.1. The fourth-order valence-electron chi connectivity index (χ4n) is 3.44. The predicted molar refractivity (Wildman–Crippen MR) is 120 cm³/mol. The second-order valence-electron chi connectivity index (χ2n) is 7.05. The van der Waals surface area contributed by atoms with Gasteiger partial charge in [0.25, 0.3) is 0 Å². The molecule has 3 aromatic rings. The number of benzene rings is 1. The molecule has 8 nitrogen and oxygen atoms in total. The Bertz CT molecular complexity index is 1100. The largest absolute Gasteiger partial charge is 0.378 e. The van der Waals surface area contributed by atoms with Crippen molar-refractivity contribution in [3.63, 3.8) is 0 Å². The van der Waals surface area contributed by atoms with Crippen molar-refractivity contribution in [2.45, 2.75) is 11.8 Å². The molecule has 4 rings (SSSR count). The van der Waals surface area contributed by atoms with E-state index >= 15 is 0 Å². The van der Waals surface area contributed by atoms with Crippen molar-refractivity contribution < 1.29 is 9.53 Å². The van der Waals surface area contributed by atoms with Gasteiger partial charge in [0.1, 0.15) is 5.82 Å². The van der Waals surface area contributed by atoms with Crippen LogP contribution in [0.4, 0.5) is 5.82 Å². The molecule has 2 aromatic heterocycles. The normalized spacial score (nSPS) is 14.6. The third-order valence-electron chi connectivity index (χ3n) is 4.98. The molecule has 0 unspecified atom stereocenters. The average molecular weight is 425 g/mol. The second kappa shape index (κ2) is 8.85. The van der Waals surface area contributed by atoms with Gasteiger partial charge in [0, 0.05) is 44.6 Å². The van der Waals surface area contributed by atoms with Gasteiger partial charge in [0.15, 0.2) is 5.82 Å². The number of aryl methyl sites for hydroxylation is 1. The lowest BCUT2D eigenvalue weighted by Crippen LogP contribution is -2.37. The van der Waals surface area contributed by atoms with Crippen LogP contribution in [0.25, 0.3) is 28.4 Å². The van der Waals surface area contributed by atoms with E-state index in [4.69, 9.17) is 27.3 Å². The summed E-state index contributed by atoms with van der Waals surface area (Å²) in [6, 6.07) is 6.01. The van der Waals surface area contributed by atoms with Gasteiger partial charge in [-0.05, 0) is 12.1 Å². The lowest BCUT2D eigenvalue weighted by Gasteiger charge is -2.29. The lowest BCUT2D eigenvalue weighted by atomic mass is 10.1. The highest BCUT2D eigenvalue weighted by molar-refractivity contribution is 7.80. The number of thiol groups is 1. The van der Waals surface area contributed by atoms with E-state index in [1.807, 2.05) is 48.3 Å². The van der Waals surface area contributed by atoms with Gasteiger partial charge >= 0.3 is 0 Å². The summed E-state index contributed by atoms with van der Waals surface area (Å²) in [4.78, 5) is 23.7. The van der Waals surface area contributed by atoms with E-state index in [9.17, 15) is 4.79 Å². The molecule has 0 aliphatic carbocycles. The summed E-state index contributed by atoms with van der Waals surface area (Å²) in [7, 11) is 1.92. The van der Waals surface area contributed by atoms with Crippen molar-refractivity contribution in [1.82, 2.24) is 25.1 Å². The van der Waals surface area contributed by atoms with Gasteiger partial charge in [-0.1, -0.05) is 18.2 Å². The van der Waals surface area contributed by atoms with Crippen molar-refractivity contribution >= 4 is 41.3 Å². The smallest absolute Gasteiger partial charge is 0.217 e. The zero-order valence-electron chi connectivity index (χ0n) is 17.0. The van der Waals surface area contributed by atoms with E-state index in [-0.39, 0.29) is 5.91 Å². The summed E-state index contributed by atoms with van der Waals surface area (Å²) in [5.41, 5.74) is 2.64. The quantitative estimate of drug-likeness (QED) is 0.612. The molecule has 0 atom stereocenters. The molecule has 0 spiro atoms. The lowest BCUT2D eigenvalue weighted by molar-refractivity contribution is -0.118. The van der Waals surface area contributed by atoms with Gasteiger partial charge in [-0.25, -0.2) is 9.97 Å². The topological polar surface area (TPSA) is 85.2 Å². The number of hydrogen-bond acceptors (Lipinski definition) is 7. The Morgan fingerprint density at radius 2 is 2.10 bits per heavy atom. The fraction of sp³-hybridized carbons (Fsp3) is 0.333. The maximum Gasteiger partial charge on any atom is 0.217 e. The first-order valence-corrected chi connectivity index (χ1v) is 10.2. The van der Waals surface area contributed by atoms with Crippen LogP contribution in [-0.2, 0) is 16.6 Å². The SMILES string of the molecule is CC(=O)NC/C=C/c1nc(-c2cccc3c2cnn3C)nc(N2CCOCC2)c1S. The number of fused-ring (bicyclic) bond motifs is 1. The van der Waals surface area contributed by atoms with Crippen LogP contribution in [0, 0.1) is 0 Å². The third kappa shape index (κ3) is 4.17. The van der Waals surface area contributed by atoms with E-state index in [0.717, 1.165) is 35.4 Å². The van der Waals surface area contributed by atoms with Crippen LogP contribution >= 0.6 is 12.6 Å². The number of rotatable bonds is 5. The van der Waals surface area contributed by atoms with Crippen LogP contribution in [0.15, 0.2) is 35.4 Å². The zero-order chi connectivity index (χ0) is 21.1. The molecule has 1 fully saturated rings. The van der Waals surface area contributed by atoms with Crippen LogP contribution < -0.4 is 10.2 Å². The second-order valence-corrected chi connectivity index (χ2v) is 7.50. The van der Waals surface area contributed by atoms with E-state index < -0.39 is 0 Å². The Hall–Kier alpha value is -2.91.